The maximum absolute atomic E-state index is 4.73. The number of nitrogens with one attached hydrogen (secondary N) is 1. The van der Waals surface area contributed by atoms with E-state index in [1.165, 1.54) is 36.8 Å². The molecule has 1 saturated carbocycles. The van der Waals surface area contributed by atoms with Crippen molar-refractivity contribution in [3.8, 4) is 0 Å². The van der Waals surface area contributed by atoms with Crippen molar-refractivity contribution in [1.29, 1.82) is 0 Å². The summed E-state index contributed by atoms with van der Waals surface area (Å²) < 4.78 is 0. The van der Waals surface area contributed by atoms with Crippen LogP contribution in [0.25, 0.3) is 0 Å². The number of hydrogen-bond donors (Lipinski definition) is 1. The number of aryl methyl sites for hydroxylation is 1. The fourth-order valence-corrected chi connectivity index (χ4v) is 4.04. The van der Waals surface area contributed by atoms with E-state index in [0.717, 1.165) is 30.4 Å². The van der Waals surface area contributed by atoms with Gasteiger partial charge in [0.05, 0.1) is 0 Å². The Morgan fingerprint density at radius 2 is 1.83 bits per heavy atom. The van der Waals surface area contributed by atoms with E-state index in [4.69, 9.17) is 4.98 Å². The predicted molar refractivity (Wildman–Crippen MR) is 98.4 cm³/mol. The van der Waals surface area contributed by atoms with Crippen LogP contribution in [0, 0.1) is 6.92 Å². The normalized spacial score (nSPS) is 20.9. The van der Waals surface area contributed by atoms with E-state index < -0.39 is 0 Å². The summed E-state index contributed by atoms with van der Waals surface area (Å²) in [5.74, 6) is 2.87. The fourth-order valence-electron chi connectivity index (χ4n) is 4.04. The summed E-state index contributed by atoms with van der Waals surface area (Å²) >= 11 is 0. The van der Waals surface area contributed by atoms with E-state index in [0.29, 0.717) is 12.1 Å². The molecule has 1 aliphatic heterocycles. The van der Waals surface area contributed by atoms with Gasteiger partial charge >= 0.3 is 0 Å². The van der Waals surface area contributed by atoms with E-state index in [1.807, 2.05) is 6.92 Å². The Bertz CT molecular complexity index is 721. The van der Waals surface area contributed by atoms with Crippen LogP contribution in [-0.2, 0) is 13.0 Å². The Labute approximate surface area is 144 Å². The molecule has 4 nitrogen and oxygen atoms in total. The standard InChI is InChI=1S/C20H26N4/c1-14-11-16-7-3-4-8-17(16)13-24(14)20-12-19(21-15(2)22-20)23-18-9-5-6-10-18/h3-4,7-8,12,14,18H,5-6,9-11,13H2,1-2H3,(H,21,22,23)/t14-/m1/s1. The number of rotatable bonds is 3. The Balaban J connectivity index is 1.60. The summed E-state index contributed by atoms with van der Waals surface area (Å²) in [5, 5.41) is 3.62. The van der Waals surface area contributed by atoms with Gasteiger partial charge in [0, 0.05) is 24.7 Å². The maximum atomic E-state index is 4.73. The highest BCUT2D eigenvalue weighted by Crippen LogP contribution is 2.29. The molecule has 1 aliphatic carbocycles. The molecule has 2 aliphatic rings. The molecule has 0 saturated heterocycles. The second-order valence-electron chi connectivity index (χ2n) is 7.23. The minimum Gasteiger partial charge on any atom is -0.367 e. The molecule has 0 spiro atoms. The summed E-state index contributed by atoms with van der Waals surface area (Å²) in [4.78, 5) is 11.8. The van der Waals surface area contributed by atoms with Crippen LogP contribution < -0.4 is 10.2 Å². The zero-order valence-corrected chi connectivity index (χ0v) is 14.6. The molecule has 126 valence electrons. The third-order valence-electron chi connectivity index (χ3n) is 5.33. The predicted octanol–water partition coefficient (Wildman–Crippen LogP) is 4.09. The van der Waals surface area contributed by atoms with Gasteiger partial charge in [0.2, 0.25) is 0 Å². The molecule has 1 N–H and O–H groups in total. The molecule has 1 atom stereocenters. The lowest BCUT2D eigenvalue weighted by molar-refractivity contribution is 0.585. The highest BCUT2D eigenvalue weighted by molar-refractivity contribution is 5.52. The highest BCUT2D eigenvalue weighted by Gasteiger charge is 2.24. The van der Waals surface area contributed by atoms with Gasteiger partial charge in [-0.15, -0.1) is 0 Å². The topological polar surface area (TPSA) is 41.1 Å². The van der Waals surface area contributed by atoms with Gasteiger partial charge in [-0.05, 0) is 44.2 Å². The monoisotopic (exact) mass is 322 g/mol. The lowest BCUT2D eigenvalue weighted by atomic mass is 9.95. The zero-order valence-electron chi connectivity index (χ0n) is 14.6. The molecular formula is C20H26N4. The lowest BCUT2D eigenvalue weighted by Gasteiger charge is -2.36. The number of benzene rings is 1. The van der Waals surface area contributed by atoms with E-state index in [2.05, 4.69) is 52.5 Å². The molecule has 0 radical (unpaired) electrons. The Morgan fingerprint density at radius 3 is 2.62 bits per heavy atom. The van der Waals surface area contributed by atoms with E-state index in [-0.39, 0.29) is 0 Å². The summed E-state index contributed by atoms with van der Waals surface area (Å²) in [7, 11) is 0. The molecule has 1 aromatic carbocycles. The van der Waals surface area contributed by atoms with Gasteiger partial charge in [0.1, 0.15) is 17.5 Å². The molecule has 24 heavy (non-hydrogen) atoms. The van der Waals surface area contributed by atoms with Gasteiger partial charge in [0.25, 0.3) is 0 Å². The zero-order chi connectivity index (χ0) is 16.5. The van der Waals surface area contributed by atoms with Gasteiger partial charge in [-0.2, -0.15) is 0 Å². The van der Waals surface area contributed by atoms with Crippen LogP contribution in [0.1, 0.15) is 49.6 Å². The van der Waals surface area contributed by atoms with E-state index >= 15 is 0 Å². The summed E-state index contributed by atoms with van der Waals surface area (Å²) in [6.07, 6.45) is 6.24. The van der Waals surface area contributed by atoms with Crippen LogP contribution in [-0.4, -0.2) is 22.1 Å². The van der Waals surface area contributed by atoms with Gasteiger partial charge in [-0.25, -0.2) is 9.97 Å². The Hall–Kier alpha value is -2.10. The first-order valence-electron chi connectivity index (χ1n) is 9.15. The van der Waals surface area contributed by atoms with Crippen molar-refractivity contribution in [3.05, 3.63) is 47.3 Å². The van der Waals surface area contributed by atoms with Crippen molar-refractivity contribution in [2.24, 2.45) is 0 Å². The van der Waals surface area contributed by atoms with Crippen LogP contribution in [0.3, 0.4) is 0 Å². The van der Waals surface area contributed by atoms with Crippen LogP contribution in [0.15, 0.2) is 30.3 Å². The maximum Gasteiger partial charge on any atom is 0.134 e. The molecule has 0 bridgehead atoms. The first-order valence-corrected chi connectivity index (χ1v) is 9.15. The van der Waals surface area contributed by atoms with Gasteiger partial charge in [0.15, 0.2) is 0 Å². The molecule has 4 rings (SSSR count). The van der Waals surface area contributed by atoms with Crippen LogP contribution in [0.2, 0.25) is 0 Å². The van der Waals surface area contributed by atoms with Crippen molar-refractivity contribution in [1.82, 2.24) is 9.97 Å². The number of aromatic nitrogens is 2. The van der Waals surface area contributed by atoms with Crippen LogP contribution in [0.5, 0.6) is 0 Å². The fraction of sp³-hybridized carbons (Fsp3) is 0.500. The molecule has 0 unspecified atom stereocenters. The molecule has 1 fully saturated rings. The number of anilines is 2. The SMILES string of the molecule is Cc1nc(NC2CCCC2)cc(N2Cc3ccccc3C[C@H]2C)n1. The second kappa shape index (κ2) is 6.42. The molecule has 4 heteroatoms. The number of fused-ring (bicyclic) bond motifs is 1. The average molecular weight is 322 g/mol. The van der Waals surface area contributed by atoms with Crippen molar-refractivity contribution < 1.29 is 0 Å². The van der Waals surface area contributed by atoms with Crippen molar-refractivity contribution in [3.63, 3.8) is 0 Å². The summed E-state index contributed by atoms with van der Waals surface area (Å²) in [5.41, 5.74) is 2.88. The van der Waals surface area contributed by atoms with Gasteiger partial charge in [-0.1, -0.05) is 37.1 Å². The highest BCUT2D eigenvalue weighted by atomic mass is 15.2. The average Bonchev–Trinajstić information content (AvgIpc) is 3.06. The Kier molecular flexibility index (Phi) is 4.13. The molecule has 1 aromatic heterocycles. The van der Waals surface area contributed by atoms with Crippen molar-refractivity contribution >= 4 is 11.6 Å². The minimum atomic E-state index is 0.452. The number of nitrogens with zero attached hydrogens (tertiary/aromatic N) is 3. The Morgan fingerprint density at radius 1 is 1.08 bits per heavy atom. The van der Waals surface area contributed by atoms with E-state index in [9.17, 15) is 0 Å². The van der Waals surface area contributed by atoms with E-state index in [1.54, 1.807) is 0 Å². The molecule has 2 aromatic rings. The second-order valence-corrected chi connectivity index (χ2v) is 7.23. The lowest BCUT2D eigenvalue weighted by Crippen LogP contribution is -2.39. The third kappa shape index (κ3) is 3.10. The first kappa shape index (κ1) is 15.4. The largest absolute Gasteiger partial charge is 0.367 e. The molecule has 2 heterocycles. The van der Waals surface area contributed by atoms with Crippen LogP contribution in [0.4, 0.5) is 11.6 Å². The molecular weight excluding hydrogens is 296 g/mol. The molecule has 0 amide bonds. The number of hydrogen-bond acceptors (Lipinski definition) is 4. The summed E-state index contributed by atoms with van der Waals surface area (Å²) in [6.45, 7) is 5.21. The van der Waals surface area contributed by atoms with Crippen LogP contribution >= 0.6 is 0 Å². The smallest absolute Gasteiger partial charge is 0.134 e. The van der Waals surface area contributed by atoms with Crippen molar-refractivity contribution in [2.75, 3.05) is 10.2 Å². The quantitative estimate of drug-likeness (QED) is 0.924. The first-order chi connectivity index (χ1) is 11.7. The van der Waals surface area contributed by atoms with Crippen molar-refractivity contribution in [2.45, 2.75) is 64.6 Å². The van der Waals surface area contributed by atoms with Gasteiger partial charge < -0.3 is 10.2 Å². The van der Waals surface area contributed by atoms with Gasteiger partial charge in [-0.3, -0.25) is 0 Å². The minimum absolute atomic E-state index is 0.452. The summed E-state index contributed by atoms with van der Waals surface area (Å²) in [6, 6.07) is 11.9. The third-order valence-corrected chi connectivity index (χ3v) is 5.33.